The van der Waals surface area contributed by atoms with Crippen LogP contribution in [0.3, 0.4) is 0 Å². The number of nitrogens with two attached hydrogens (primary N) is 1. The Morgan fingerprint density at radius 1 is 0.900 bits per heavy atom. The Labute approximate surface area is 176 Å². The van der Waals surface area contributed by atoms with Crippen LogP contribution in [0.1, 0.15) is 33.5 Å². The number of rotatable bonds is 6. The lowest BCUT2D eigenvalue weighted by Gasteiger charge is -2.23. The Morgan fingerprint density at radius 2 is 1.70 bits per heavy atom. The third kappa shape index (κ3) is 4.42. The Kier molecular flexibility index (Phi) is 5.91. The summed E-state index contributed by atoms with van der Waals surface area (Å²) in [5.74, 6) is -0.472. The molecule has 0 fully saturated rings. The Bertz CT molecular complexity index is 1060. The lowest BCUT2D eigenvalue weighted by molar-refractivity contribution is -0.114. The summed E-state index contributed by atoms with van der Waals surface area (Å²) in [5, 5.41) is 2.95. The summed E-state index contributed by atoms with van der Waals surface area (Å²) in [4.78, 5) is 27.6. The molecule has 5 heteroatoms. The van der Waals surface area contributed by atoms with Crippen LogP contribution < -0.4 is 16.0 Å². The first kappa shape index (κ1) is 19.9. The highest BCUT2D eigenvalue weighted by atomic mass is 16.2. The minimum absolute atomic E-state index is 0.0766. The fraction of sp³-hybridized carbons (Fsp3) is 0.200. The van der Waals surface area contributed by atoms with E-state index in [-0.39, 0.29) is 18.4 Å². The van der Waals surface area contributed by atoms with Crippen LogP contribution >= 0.6 is 0 Å². The van der Waals surface area contributed by atoms with E-state index in [1.54, 1.807) is 12.1 Å². The molecular formula is C25H25N3O2. The van der Waals surface area contributed by atoms with Gasteiger partial charge in [0.05, 0.1) is 0 Å². The number of nitrogens with zero attached hydrogens (tertiary/aromatic N) is 1. The van der Waals surface area contributed by atoms with Gasteiger partial charge in [-0.1, -0.05) is 36.4 Å². The molecule has 152 valence electrons. The number of anilines is 2. The molecule has 5 nitrogen and oxygen atoms in total. The first-order valence-corrected chi connectivity index (χ1v) is 10.2. The van der Waals surface area contributed by atoms with Crippen molar-refractivity contribution in [2.75, 3.05) is 16.8 Å². The van der Waals surface area contributed by atoms with Crippen LogP contribution in [0.5, 0.6) is 0 Å². The SMILES string of the molecule is NCc1cccc(C(=O)N(CC(=O)Nc2ccc3c(c2)CCC3)c2ccccc2)c1. The summed E-state index contributed by atoms with van der Waals surface area (Å²) in [5.41, 5.74) is 11.2. The average molecular weight is 399 g/mol. The number of para-hydroxylation sites is 1. The van der Waals surface area contributed by atoms with Gasteiger partial charge in [-0.15, -0.1) is 0 Å². The molecule has 3 N–H and O–H groups in total. The van der Waals surface area contributed by atoms with Crippen LogP contribution in [-0.4, -0.2) is 18.4 Å². The lowest BCUT2D eigenvalue weighted by atomic mass is 10.1. The molecule has 0 heterocycles. The van der Waals surface area contributed by atoms with E-state index in [1.165, 1.54) is 16.0 Å². The molecule has 1 aliphatic carbocycles. The number of carbonyl (C=O) groups is 2. The van der Waals surface area contributed by atoms with E-state index < -0.39 is 0 Å². The largest absolute Gasteiger partial charge is 0.326 e. The van der Waals surface area contributed by atoms with Gasteiger partial charge in [0.1, 0.15) is 6.54 Å². The monoisotopic (exact) mass is 399 g/mol. The number of hydrogen-bond acceptors (Lipinski definition) is 3. The summed E-state index contributed by atoms with van der Waals surface area (Å²) in [6.07, 6.45) is 3.30. The van der Waals surface area contributed by atoms with Crippen LogP contribution in [0.4, 0.5) is 11.4 Å². The Balaban J connectivity index is 1.55. The third-order valence-corrected chi connectivity index (χ3v) is 5.41. The van der Waals surface area contributed by atoms with Crippen LogP contribution in [0, 0.1) is 0 Å². The van der Waals surface area contributed by atoms with Crippen molar-refractivity contribution in [3.63, 3.8) is 0 Å². The van der Waals surface area contributed by atoms with Gasteiger partial charge >= 0.3 is 0 Å². The van der Waals surface area contributed by atoms with Gasteiger partial charge in [-0.3, -0.25) is 14.5 Å². The molecule has 3 aromatic carbocycles. The van der Waals surface area contributed by atoms with Crippen molar-refractivity contribution in [1.29, 1.82) is 0 Å². The van der Waals surface area contributed by atoms with Crippen LogP contribution in [0.15, 0.2) is 72.8 Å². The summed E-state index contributed by atoms with van der Waals surface area (Å²) >= 11 is 0. The molecule has 4 rings (SSSR count). The molecule has 0 aliphatic heterocycles. The molecule has 0 saturated heterocycles. The molecule has 3 aromatic rings. The van der Waals surface area contributed by atoms with Gasteiger partial charge in [0.2, 0.25) is 5.91 Å². The van der Waals surface area contributed by atoms with E-state index in [2.05, 4.69) is 11.4 Å². The van der Waals surface area contributed by atoms with Crippen molar-refractivity contribution in [2.24, 2.45) is 5.73 Å². The minimum atomic E-state index is -0.236. The van der Waals surface area contributed by atoms with Gasteiger partial charge in [0.15, 0.2) is 0 Å². The van der Waals surface area contributed by atoms with Gasteiger partial charge < -0.3 is 11.1 Å². The van der Waals surface area contributed by atoms with E-state index in [4.69, 9.17) is 5.73 Å². The highest BCUT2D eigenvalue weighted by Gasteiger charge is 2.21. The number of carbonyl (C=O) groups excluding carboxylic acids is 2. The molecule has 0 spiro atoms. The van der Waals surface area contributed by atoms with E-state index in [0.29, 0.717) is 17.8 Å². The molecule has 0 aromatic heterocycles. The fourth-order valence-electron chi connectivity index (χ4n) is 3.87. The van der Waals surface area contributed by atoms with Crippen LogP contribution in [0.25, 0.3) is 0 Å². The smallest absolute Gasteiger partial charge is 0.258 e. The first-order chi connectivity index (χ1) is 14.6. The predicted octanol–water partition coefficient (Wildman–Crippen LogP) is 3.92. The topological polar surface area (TPSA) is 75.4 Å². The quantitative estimate of drug-likeness (QED) is 0.660. The minimum Gasteiger partial charge on any atom is -0.326 e. The number of nitrogens with one attached hydrogen (secondary N) is 1. The van der Waals surface area contributed by atoms with Crippen molar-refractivity contribution in [1.82, 2.24) is 0 Å². The summed E-state index contributed by atoms with van der Waals surface area (Å²) in [6, 6.07) is 22.5. The number of aryl methyl sites for hydroxylation is 2. The number of amides is 2. The molecule has 0 radical (unpaired) electrons. The van der Waals surface area contributed by atoms with E-state index in [9.17, 15) is 9.59 Å². The number of hydrogen-bond donors (Lipinski definition) is 2. The number of benzene rings is 3. The lowest BCUT2D eigenvalue weighted by Crippen LogP contribution is -2.38. The Hall–Kier alpha value is -3.44. The average Bonchev–Trinajstić information content (AvgIpc) is 3.25. The molecule has 2 amide bonds. The highest BCUT2D eigenvalue weighted by Crippen LogP contribution is 2.25. The zero-order valence-corrected chi connectivity index (χ0v) is 16.8. The van der Waals surface area contributed by atoms with Crippen molar-refractivity contribution in [3.05, 3.63) is 95.1 Å². The van der Waals surface area contributed by atoms with Gasteiger partial charge in [-0.25, -0.2) is 0 Å². The van der Waals surface area contributed by atoms with Gasteiger partial charge in [-0.2, -0.15) is 0 Å². The molecule has 0 saturated carbocycles. The molecule has 1 aliphatic rings. The number of fused-ring (bicyclic) bond motifs is 1. The normalized spacial score (nSPS) is 12.3. The van der Waals surface area contributed by atoms with Crippen molar-refractivity contribution >= 4 is 23.2 Å². The zero-order chi connectivity index (χ0) is 20.9. The second-order valence-corrected chi connectivity index (χ2v) is 7.52. The maximum atomic E-state index is 13.3. The molecule has 30 heavy (non-hydrogen) atoms. The van der Waals surface area contributed by atoms with Gasteiger partial charge in [0.25, 0.3) is 5.91 Å². The van der Waals surface area contributed by atoms with Crippen molar-refractivity contribution in [3.8, 4) is 0 Å². The third-order valence-electron chi connectivity index (χ3n) is 5.41. The second kappa shape index (κ2) is 8.93. The predicted molar refractivity (Wildman–Crippen MR) is 120 cm³/mol. The van der Waals surface area contributed by atoms with Crippen LogP contribution in [0.2, 0.25) is 0 Å². The standard InChI is InChI=1S/C25H25N3O2/c26-16-18-6-4-9-21(14-18)25(30)28(23-10-2-1-3-11-23)17-24(29)27-22-13-12-19-7-5-8-20(19)15-22/h1-4,6,9-15H,5,7-8,16-17,26H2,(H,27,29). The Morgan fingerprint density at radius 3 is 2.50 bits per heavy atom. The zero-order valence-electron chi connectivity index (χ0n) is 16.8. The maximum absolute atomic E-state index is 13.3. The molecule has 0 bridgehead atoms. The first-order valence-electron chi connectivity index (χ1n) is 10.2. The molecular weight excluding hydrogens is 374 g/mol. The maximum Gasteiger partial charge on any atom is 0.258 e. The van der Waals surface area contributed by atoms with Gasteiger partial charge in [0, 0.05) is 23.5 Å². The summed E-state index contributed by atoms with van der Waals surface area (Å²) in [6.45, 7) is 0.276. The molecule has 0 atom stereocenters. The van der Waals surface area contributed by atoms with Crippen molar-refractivity contribution < 1.29 is 9.59 Å². The van der Waals surface area contributed by atoms with Gasteiger partial charge in [-0.05, 0) is 72.4 Å². The van der Waals surface area contributed by atoms with E-state index in [0.717, 1.165) is 30.5 Å². The fourth-order valence-corrected chi connectivity index (χ4v) is 3.87. The van der Waals surface area contributed by atoms with Crippen LogP contribution in [-0.2, 0) is 24.2 Å². The summed E-state index contributed by atoms with van der Waals surface area (Å²) in [7, 11) is 0. The summed E-state index contributed by atoms with van der Waals surface area (Å²) < 4.78 is 0. The molecule has 0 unspecified atom stereocenters. The van der Waals surface area contributed by atoms with Crippen molar-refractivity contribution in [2.45, 2.75) is 25.8 Å². The van der Waals surface area contributed by atoms with E-state index in [1.807, 2.05) is 54.6 Å². The van der Waals surface area contributed by atoms with E-state index >= 15 is 0 Å². The second-order valence-electron chi connectivity index (χ2n) is 7.52. The highest BCUT2D eigenvalue weighted by molar-refractivity contribution is 6.10.